The second-order valence-corrected chi connectivity index (χ2v) is 2.85. The molecule has 12 heavy (non-hydrogen) atoms. The standard InChI is InChI=1S/C6H7NO4S/c1-7-6(8)4-2-3-5(11-4)12(9)10/h2-3H,1H3,(H,7,8)(H,9,10). The number of hydrogen-bond donors (Lipinski definition) is 2. The van der Waals surface area contributed by atoms with Crippen LogP contribution in [-0.4, -0.2) is 21.7 Å². The highest BCUT2D eigenvalue weighted by atomic mass is 32.2. The molecule has 6 heteroatoms. The van der Waals surface area contributed by atoms with Gasteiger partial charge in [0.2, 0.25) is 16.2 Å². The monoisotopic (exact) mass is 189 g/mol. The van der Waals surface area contributed by atoms with Crippen molar-refractivity contribution in [2.45, 2.75) is 5.09 Å². The van der Waals surface area contributed by atoms with Gasteiger partial charge in [-0.1, -0.05) is 0 Å². The topological polar surface area (TPSA) is 79.5 Å². The summed E-state index contributed by atoms with van der Waals surface area (Å²) in [6, 6.07) is 2.61. The number of amides is 1. The van der Waals surface area contributed by atoms with Crippen molar-refractivity contribution in [3.8, 4) is 0 Å². The van der Waals surface area contributed by atoms with Crippen LogP contribution in [0.4, 0.5) is 0 Å². The first-order valence-corrected chi connectivity index (χ1v) is 4.18. The van der Waals surface area contributed by atoms with Crippen LogP contribution in [0.3, 0.4) is 0 Å². The molecule has 0 bridgehead atoms. The van der Waals surface area contributed by atoms with E-state index in [-0.39, 0.29) is 10.9 Å². The quantitative estimate of drug-likeness (QED) is 0.652. The molecule has 0 radical (unpaired) electrons. The summed E-state index contributed by atoms with van der Waals surface area (Å²) >= 11 is -2.17. The maximum absolute atomic E-state index is 10.9. The summed E-state index contributed by atoms with van der Waals surface area (Å²) in [4.78, 5) is 10.9. The first kappa shape index (κ1) is 8.95. The summed E-state index contributed by atoms with van der Waals surface area (Å²) in [6.07, 6.45) is 0. The molecule has 5 nitrogen and oxygen atoms in total. The fourth-order valence-corrected chi connectivity index (χ4v) is 1.00. The molecule has 66 valence electrons. The number of furan rings is 1. The molecular formula is C6H7NO4S. The van der Waals surface area contributed by atoms with Crippen LogP contribution in [0.1, 0.15) is 10.6 Å². The van der Waals surface area contributed by atoms with Crippen molar-refractivity contribution in [3.05, 3.63) is 17.9 Å². The number of carbonyl (C=O) groups is 1. The molecule has 2 N–H and O–H groups in total. The van der Waals surface area contributed by atoms with Crippen LogP contribution >= 0.6 is 0 Å². The van der Waals surface area contributed by atoms with E-state index in [0.717, 1.165) is 0 Å². The van der Waals surface area contributed by atoms with Crippen molar-refractivity contribution >= 4 is 17.0 Å². The van der Waals surface area contributed by atoms with Crippen LogP contribution in [0.2, 0.25) is 0 Å². The molecule has 0 aliphatic heterocycles. The summed E-state index contributed by atoms with van der Waals surface area (Å²) in [6.45, 7) is 0. The van der Waals surface area contributed by atoms with Gasteiger partial charge in [-0.25, -0.2) is 4.21 Å². The highest BCUT2D eigenvalue weighted by Crippen LogP contribution is 2.10. The van der Waals surface area contributed by atoms with Crippen molar-refractivity contribution in [1.82, 2.24) is 5.32 Å². The first-order chi connectivity index (χ1) is 5.65. The Morgan fingerprint density at radius 2 is 2.33 bits per heavy atom. The Labute approximate surface area is 71.0 Å². The van der Waals surface area contributed by atoms with Gasteiger partial charge in [0.1, 0.15) is 0 Å². The molecule has 0 aliphatic rings. The summed E-state index contributed by atoms with van der Waals surface area (Å²) in [5.41, 5.74) is 0. The number of carbonyl (C=O) groups excluding carboxylic acids is 1. The van der Waals surface area contributed by atoms with Crippen molar-refractivity contribution in [3.63, 3.8) is 0 Å². The van der Waals surface area contributed by atoms with Crippen LogP contribution in [0.15, 0.2) is 21.6 Å². The van der Waals surface area contributed by atoms with E-state index in [1.165, 1.54) is 19.2 Å². The van der Waals surface area contributed by atoms with Gasteiger partial charge < -0.3 is 9.73 Å². The van der Waals surface area contributed by atoms with E-state index in [4.69, 9.17) is 8.97 Å². The average Bonchev–Trinajstić information content (AvgIpc) is 2.51. The Morgan fingerprint density at radius 1 is 1.67 bits per heavy atom. The lowest BCUT2D eigenvalue weighted by Crippen LogP contribution is -2.16. The molecular weight excluding hydrogens is 182 g/mol. The molecule has 1 rings (SSSR count). The molecule has 0 saturated carbocycles. The zero-order chi connectivity index (χ0) is 9.14. The first-order valence-electron chi connectivity index (χ1n) is 3.08. The van der Waals surface area contributed by atoms with E-state index in [1.54, 1.807) is 0 Å². The molecule has 0 spiro atoms. The third kappa shape index (κ3) is 1.72. The molecule has 1 aromatic rings. The van der Waals surface area contributed by atoms with Gasteiger partial charge in [-0.2, -0.15) is 0 Å². The van der Waals surface area contributed by atoms with Gasteiger partial charge in [0.25, 0.3) is 5.91 Å². The van der Waals surface area contributed by atoms with E-state index < -0.39 is 17.0 Å². The lowest BCUT2D eigenvalue weighted by Gasteiger charge is -1.91. The molecule has 0 saturated heterocycles. The van der Waals surface area contributed by atoms with E-state index in [9.17, 15) is 9.00 Å². The maximum atomic E-state index is 10.9. The maximum Gasteiger partial charge on any atom is 0.286 e. The van der Waals surface area contributed by atoms with Crippen molar-refractivity contribution in [1.29, 1.82) is 0 Å². The Bertz CT molecular complexity index is 319. The Morgan fingerprint density at radius 3 is 2.75 bits per heavy atom. The highest BCUT2D eigenvalue weighted by Gasteiger charge is 2.11. The van der Waals surface area contributed by atoms with Gasteiger partial charge in [-0.05, 0) is 12.1 Å². The third-order valence-electron chi connectivity index (χ3n) is 1.20. The second-order valence-electron chi connectivity index (χ2n) is 1.95. The normalized spacial score (nSPS) is 12.5. The van der Waals surface area contributed by atoms with Gasteiger partial charge in [0.05, 0.1) is 0 Å². The number of rotatable bonds is 2. The van der Waals surface area contributed by atoms with Crippen molar-refractivity contribution in [2.24, 2.45) is 0 Å². The van der Waals surface area contributed by atoms with Crippen LogP contribution in [0.5, 0.6) is 0 Å². The number of nitrogens with one attached hydrogen (secondary N) is 1. The van der Waals surface area contributed by atoms with Crippen LogP contribution in [0, 0.1) is 0 Å². The minimum atomic E-state index is -2.17. The average molecular weight is 189 g/mol. The summed E-state index contributed by atoms with van der Waals surface area (Å²) in [5.74, 6) is -0.401. The Balaban J connectivity index is 2.91. The second kappa shape index (κ2) is 3.51. The molecule has 0 aromatic carbocycles. The zero-order valence-corrected chi connectivity index (χ0v) is 7.05. The fourth-order valence-electron chi connectivity index (χ4n) is 0.659. The summed E-state index contributed by atoms with van der Waals surface area (Å²) in [5, 5.41) is 2.19. The molecule has 0 fully saturated rings. The smallest absolute Gasteiger partial charge is 0.286 e. The Kier molecular flexibility index (Phi) is 2.61. The van der Waals surface area contributed by atoms with Gasteiger partial charge in [0, 0.05) is 7.05 Å². The van der Waals surface area contributed by atoms with E-state index in [1.807, 2.05) is 0 Å². The highest BCUT2D eigenvalue weighted by molar-refractivity contribution is 7.79. The lowest BCUT2D eigenvalue weighted by molar-refractivity contribution is 0.0930. The zero-order valence-electron chi connectivity index (χ0n) is 6.23. The number of hydrogen-bond acceptors (Lipinski definition) is 3. The fraction of sp³-hybridized carbons (Fsp3) is 0.167. The van der Waals surface area contributed by atoms with Crippen LogP contribution in [0.25, 0.3) is 0 Å². The third-order valence-corrected chi connectivity index (χ3v) is 1.77. The minimum absolute atomic E-state index is 0.0231. The molecule has 0 aliphatic carbocycles. The summed E-state index contributed by atoms with van der Waals surface area (Å²) < 4.78 is 23.7. The SMILES string of the molecule is CNC(=O)c1ccc(S(=O)O)o1. The van der Waals surface area contributed by atoms with E-state index in [0.29, 0.717) is 0 Å². The van der Waals surface area contributed by atoms with Gasteiger partial charge >= 0.3 is 0 Å². The van der Waals surface area contributed by atoms with Gasteiger partial charge in [-0.15, -0.1) is 0 Å². The Hall–Kier alpha value is -1.14. The largest absolute Gasteiger partial charge is 0.440 e. The summed E-state index contributed by atoms with van der Waals surface area (Å²) in [7, 11) is 1.44. The van der Waals surface area contributed by atoms with Gasteiger partial charge in [0.15, 0.2) is 5.76 Å². The van der Waals surface area contributed by atoms with Crippen LogP contribution < -0.4 is 5.32 Å². The molecule has 1 amide bonds. The molecule has 1 aromatic heterocycles. The van der Waals surface area contributed by atoms with E-state index in [2.05, 4.69) is 5.32 Å². The van der Waals surface area contributed by atoms with Crippen molar-refractivity contribution < 1.29 is 18.0 Å². The predicted molar refractivity (Wildman–Crippen MR) is 41.1 cm³/mol. The molecule has 1 heterocycles. The molecule has 1 unspecified atom stereocenters. The molecule has 1 atom stereocenters. The van der Waals surface area contributed by atoms with Crippen LogP contribution in [-0.2, 0) is 11.1 Å². The minimum Gasteiger partial charge on any atom is -0.440 e. The lowest BCUT2D eigenvalue weighted by atomic mass is 10.4. The van der Waals surface area contributed by atoms with E-state index >= 15 is 0 Å². The predicted octanol–water partition coefficient (Wildman–Crippen LogP) is 0.220. The van der Waals surface area contributed by atoms with Crippen molar-refractivity contribution in [2.75, 3.05) is 7.05 Å². The van der Waals surface area contributed by atoms with Gasteiger partial charge in [-0.3, -0.25) is 9.35 Å².